The second-order valence-corrected chi connectivity index (χ2v) is 8.07. The first-order valence-corrected chi connectivity index (χ1v) is 10.1. The molecule has 4 heterocycles. The van der Waals surface area contributed by atoms with Crippen molar-refractivity contribution in [2.75, 3.05) is 6.54 Å². The van der Waals surface area contributed by atoms with Crippen LogP contribution in [0.1, 0.15) is 21.7 Å². The summed E-state index contributed by atoms with van der Waals surface area (Å²) in [5, 5.41) is 1.70. The molecule has 0 spiro atoms. The molecule has 7 nitrogen and oxygen atoms in total. The zero-order valence-electron chi connectivity index (χ0n) is 16.7. The fourth-order valence-corrected chi connectivity index (χ4v) is 4.31. The number of carbonyl (C=O) groups is 1. The number of rotatable bonds is 3. The number of carbonyl (C=O) groups excluding carboxylic acids is 1. The van der Waals surface area contributed by atoms with E-state index in [1.165, 1.54) is 0 Å². The Labute approximate surface area is 177 Å². The molecule has 0 aliphatic carbocycles. The van der Waals surface area contributed by atoms with Crippen molar-refractivity contribution in [1.29, 1.82) is 0 Å². The Morgan fingerprint density at radius 2 is 1.93 bits per heavy atom. The number of imidazole rings is 1. The summed E-state index contributed by atoms with van der Waals surface area (Å²) in [5.74, 6) is -0.147. The van der Waals surface area contributed by atoms with Crippen LogP contribution in [-0.4, -0.2) is 36.0 Å². The number of fused-ring (bicyclic) bond motifs is 2. The number of pyridine rings is 1. The standard InChI is InChI=1S/C22H20ClN5O2/c1-14-10-27(13-24-14)19-5-6-20-21(29)26(7-8-28(20)22(19)30)12-15-11-25(2)18-4-3-16(23)9-17(15)18/h3-6,9-11,13H,7-8,12H2,1-2H3. The van der Waals surface area contributed by atoms with Gasteiger partial charge >= 0.3 is 0 Å². The number of benzene rings is 1. The molecule has 0 fully saturated rings. The Morgan fingerprint density at radius 3 is 2.70 bits per heavy atom. The lowest BCUT2D eigenvalue weighted by molar-refractivity contribution is 0.0687. The van der Waals surface area contributed by atoms with Gasteiger partial charge < -0.3 is 18.6 Å². The first-order valence-electron chi connectivity index (χ1n) is 9.70. The molecule has 0 N–H and O–H groups in total. The van der Waals surface area contributed by atoms with E-state index >= 15 is 0 Å². The average Bonchev–Trinajstić information content (AvgIpc) is 3.28. The predicted octanol–water partition coefficient (Wildman–Crippen LogP) is 3.14. The summed E-state index contributed by atoms with van der Waals surface area (Å²) >= 11 is 6.19. The van der Waals surface area contributed by atoms with Gasteiger partial charge in [-0.25, -0.2) is 4.98 Å². The lowest BCUT2D eigenvalue weighted by Gasteiger charge is -2.29. The Balaban J connectivity index is 1.48. The van der Waals surface area contributed by atoms with Crippen molar-refractivity contribution in [3.8, 4) is 5.69 Å². The number of halogens is 1. The summed E-state index contributed by atoms with van der Waals surface area (Å²) < 4.78 is 5.29. The first-order chi connectivity index (χ1) is 14.4. The Kier molecular flexibility index (Phi) is 4.29. The van der Waals surface area contributed by atoms with Crippen molar-refractivity contribution < 1.29 is 4.79 Å². The minimum absolute atomic E-state index is 0.147. The van der Waals surface area contributed by atoms with Gasteiger partial charge in [-0.05, 0) is 42.8 Å². The molecule has 152 valence electrons. The zero-order chi connectivity index (χ0) is 21.0. The smallest absolute Gasteiger partial charge is 0.275 e. The van der Waals surface area contributed by atoms with Crippen LogP contribution in [0.25, 0.3) is 16.6 Å². The summed E-state index contributed by atoms with van der Waals surface area (Å²) in [6.45, 7) is 3.25. The van der Waals surface area contributed by atoms with Gasteiger partial charge in [-0.2, -0.15) is 0 Å². The Bertz CT molecular complexity index is 1360. The maximum Gasteiger partial charge on any atom is 0.275 e. The third kappa shape index (κ3) is 2.93. The summed E-state index contributed by atoms with van der Waals surface area (Å²) in [6, 6.07) is 9.18. The van der Waals surface area contributed by atoms with Crippen molar-refractivity contribution >= 4 is 28.4 Å². The van der Waals surface area contributed by atoms with Crippen LogP contribution in [0.2, 0.25) is 5.02 Å². The van der Waals surface area contributed by atoms with Crippen molar-refractivity contribution in [1.82, 2.24) is 23.6 Å². The summed E-state index contributed by atoms with van der Waals surface area (Å²) in [5.41, 5.74) is 3.64. The lowest BCUT2D eigenvalue weighted by atomic mass is 10.1. The number of nitrogens with zero attached hydrogens (tertiary/aromatic N) is 5. The molecular weight excluding hydrogens is 402 g/mol. The summed E-state index contributed by atoms with van der Waals surface area (Å²) in [6.07, 6.45) is 5.44. The molecule has 1 aliphatic rings. The number of hydrogen-bond donors (Lipinski definition) is 0. The maximum absolute atomic E-state index is 13.1. The van der Waals surface area contributed by atoms with E-state index in [-0.39, 0.29) is 11.5 Å². The van der Waals surface area contributed by atoms with E-state index < -0.39 is 0 Å². The monoisotopic (exact) mass is 421 g/mol. The molecule has 4 aromatic rings. The van der Waals surface area contributed by atoms with Crippen molar-refractivity contribution in [3.63, 3.8) is 0 Å². The zero-order valence-corrected chi connectivity index (χ0v) is 17.4. The lowest BCUT2D eigenvalue weighted by Crippen LogP contribution is -2.44. The number of hydrogen-bond acceptors (Lipinski definition) is 3. The quantitative estimate of drug-likeness (QED) is 0.510. The van der Waals surface area contributed by atoms with Crippen LogP contribution in [0.15, 0.2) is 53.8 Å². The highest BCUT2D eigenvalue weighted by Gasteiger charge is 2.27. The van der Waals surface area contributed by atoms with Gasteiger partial charge in [0, 0.05) is 55.0 Å². The fraction of sp³-hybridized carbons (Fsp3) is 0.227. The third-order valence-electron chi connectivity index (χ3n) is 5.64. The van der Waals surface area contributed by atoms with Crippen LogP contribution in [-0.2, 0) is 20.1 Å². The van der Waals surface area contributed by atoms with Crippen molar-refractivity contribution in [3.05, 3.63) is 81.4 Å². The van der Waals surface area contributed by atoms with Crippen LogP contribution in [0.5, 0.6) is 0 Å². The number of amides is 1. The van der Waals surface area contributed by atoms with Gasteiger partial charge in [-0.3, -0.25) is 9.59 Å². The first kappa shape index (κ1) is 18.7. The second kappa shape index (κ2) is 6.88. The van der Waals surface area contributed by atoms with Gasteiger partial charge in [0.1, 0.15) is 11.4 Å². The number of aromatic nitrogens is 4. The SMILES string of the molecule is Cc1cn(-c2ccc3n(c2=O)CCN(Cc2cn(C)c4ccc(Cl)cc24)C3=O)cn1. The van der Waals surface area contributed by atoms with Crippen LogP contribution < -0.4 is 5.56 Å². The average molecular weight is 422 g/mol. The van der Waals surface area contributed by atoms with Gasteiger partial charge in [0.05, 0.1) is 12.0 Å². The molecule has 0 saturated heterocycles. The molecule has 0 radical (unpaired) electrons. The highest BCUT2D eigenvalue weighted by atomic mass is 35.5. The molecule has 0 unspecified atom stereocenters. The summed E-state index contributed by atoms with van der Waals surface area (Å²) in [7, 11) is 1.98. The molecular formula is C22H20ClN5O2. The molecule has 3 aromatic heterocycles. The minimum atomic E-state index is -0.185. The fourth-order valence-electron chi connectivity index (χ4n) is 4.14. The van der Waals surface area contributed by atoms with Crippen LogP contribution in [0, 0.1) is 6.92 Å². The summed E-state index contributed by atoms with van der Waals surface area (Å²) in [4.78, 5) is 32.1. The number of aryl methyl sites for hydroxylation is 2. The van der Waals surface area contributed by atoms with E-state index in [1.54, 1.807) is 38.7 Å². The molecule has 1 aromatic carbocycles. The van der Waals surface area contributed by atoms with Gasteiger partial charge in [0.2, 0.25) is 0 Å². The molecule has 1 aliphatic heterocycles. The van der Waals surface area contributed by atoms with E-state index in [0.717, 1.165) is 22.2 Å². The van der Waals surface area contributed by atoms with Gasteiger partial charge in [0.15, 0.2) is 0 Å². The van der Waals surface area contributed by atoms with Gasteiger partial charge in [-0.1, -0.05) is 11.6 Å². The van der Waals surface area contributed by atoms with Crippen molar-refractivity contribution in [2.24, 2.45) is 7.05 Å². The Hall–Kier alpha value is -3.32. The van der Waals surface area contributed by atoms with Gasteiger partial charge in [0.25, 0.3) is 11.5 Å². The largest absolute Gasteiger partial charge is 0.350 e. The molecule has 8 heteroatoms. The predicted molar refractivity (Wildman–Crippen MR) is 115 cm³/mol. The second-order valence-electron chi connectivity index (χ2n) is 7.64. The molecule has 0 saturated carbocycles. The molecule has 30 heavy (non-hydrogen) atoms. The minimum Gasteiger partial charge on any atom is -0.350 e. The van der Waals surface area contributed by atoms with Crippen LogP contribution in [0.4, 0.5) is 0 Å². The van der Waals surface area contributed by atoms with Gasteiger partial charge in [-0.15, -0.1) is 0 Å². The van der Waals surface area contributed by atoms with Crippen LogP contribution >= 0.6 is 11.6 Å². The molecule has 0 atom stereocenters. The van der Waals surface area contributed by atoms with E-state index in [9.17, 15) is 9.59 Å². The topological polar surface area (TPSA) is 65.1 Å². The van der Waals surface area contributed by atoms with E-state index in [4.69, 9.17) is 11.6 Å². The third-order valence-corrected chi connectivity index (χ3v) is 5.87. The highest BCUT2D eigenvalue weighted by Crippen LogP contribution is 2.26. The van der Waals surface area contributed by atoms with Crippen molar-refractivity contribution in [2.45, 2.75) is 20.0 Å². The van der Waals surface area contributed by atoms with Crippen LogP contribution in [0.3, 0.4) is 0 Å². The van der Waals surface area contributed by atoms with E-state index in [0.29, 0.717) is 36.0 Å². The highest BCUT2D eigenvalue weighted by molar-refractivity contribution is 6.31. The molecule has 5 rings (SSSR count). The molecule has 0 bridgehead atoms. The Morgan fingerprint density at radius 1 is 1.10 bits per heavy atom. The normalized spacial score (nSPS) is 13.8. The van der Waals surface area contributed by atoms with E-state index in [1.807, 2.05) is 42.9 Å². The van der Waals surface area contributed by atoms with E-state index in [2.05, 4.69) is 4.98 Å². The molecule has 1 amide bonds. The maximum atomic E-state index is 13.1.